The molecule has 2 aromatic heterocycles. The summed E-state index contributed by atoms with van der Waals surface area (Å²) in [5, 5.41) is 9.76. The van der Waals surface area contributed by atoms with Crippen molar-refractivity contribution in [2.75, 3.05) is 0 Å². The summed E-state index contributed by atoms with van der Waals surface area (Å²) in [5.74, 6) is 0. The van der Waals surface area contributed by atoms with Crippen molar-refractivity contribution in [3.63, 3.8) is 0 Å². The molecule has 5 nitrogen and oxygen atoms in total. The van der Waals surface area contributed by atoms with E-state index in [4.69, 9.17) is 0 Å². The van der Waals surface area contributed by atoms with Crippen LogP contribution in [0.3, 0.4) is 0 Å². The van der Waals surface area contributed by atoms with Crippen molar-refractivity contribution >= 4 is 11.8 Å². The summed E-state index contributed by atoms with van der Waals surface area (Å²) in [6, 6.07) is 2.27. The number of nitrogens with zero attached hydrogens (tertiary/aromatic N) is 4. The Kier molecular flexibility index (Phi) is 4.55. The zero-order valence-electron chi connectivity index (χ0n) is 11.7. The predicted octanol–water partition coefficient (Wildman–Crippen LogP) is 2.17. The Labute approximate surface area is 117 Å². The molecule has 0 amide bonds. The van der Waals surface area contributed by atoms with E-state index in [9.17, 15) is 0 Å². The van der Waals surface area contributed by atoms with Crippen LogP contribution >= 0.6 is 11.8 Å². The zero-order valence-corrected chi connectivity index (χ0v) is 12.5. The van der Waals surface area contributed by atoms with Crippen LogP contribution in [-0.2, 0) is 13.6 Å². The second-order valence-electron chi connectivity index (χ2n) is 4.66. The molecule has 0 atom stereocenters. The van der Waals surface area contributed by atoms with Gasteiger partial charge in [0.25, 0.3) is 0 Å². The van der Waals surface area contributed by atoms with Gasteiger partial charge in [0.15, 0.2) is 5.16 Å². The van der Waals surface area contributed by atoms with Crippen molar-refractivity contribution in [3.8, 4) is 0 Å². The molecule has 1 N–H and O–H groups in total. The normalized spacial score (nSPS) is 11.2. The lowest BCUT2D eigenvalue weighted by Crippen LogP contribution is -2.22. The van der Waals surface area contributed by atoms with Crippen LogP contribution < -0.4 is 5.32 Å². The fourth-order valence-electron chi connectivity index (χ4n) is 1.74. The third-order valence-corrected chi connectivity index (χ3v) is 3.80. The van der Waals surface area contributed by atoms with E-state index < -0.39 is 0 Å². The molecule has 2 aromatic rings. The van der Waals surface area contributed by atoms with Crippen LogP contribution in [0, 0.1) is 6.92 Å². The smallest absolute Gasteiger partial charge is 0.193 e. The van der Waals surface area contributed by atoms with Gasteiger partial charge in [-0.2, -0.15) is 5.10 Å². The largest absolute Gasteiger partial charge is 0.310 e. The Bertz CT molecular complexity index is 535. The number of nitrogens with one attached hydrogen (secondary N) is 1. The molecule has 2 rings (SSSR count). The summed E-state index contributed by atoms with van der Waals surface area (Å²) in [7, 11) is 1.96. The SMILES string of the molecule is Cc1nn(C)c(Sc2ncccn2)c1CNC(C)C. The lowest BCUT2D eigenvalue weighted by Gasteiger charge is -2.09. The van der Waals surface area contributed by atoms with Gasteiger partial charge < -0.3 is 5.32 Å². The van der Waals surface area contributed by atoms with E-state index in [1.54, 1.807) is 24.2 Å². The molecule has 0 saturated heterocycles. The van der Waals surface area contributed by atoms with Crippen LogP contribution in [0.1, 0.15) is 25.1 Å². The van der Waals surface area contributed by atoms with E-state index in [-0.39, 0.29) is 0 Å². The van der Waals surface area contributed by atoms with E-state index in [1.807, 2.05) is 24.7 Å². The van der Waals surface area contributed by atoms with E-state index >= 15 is 0 Å². The second-order valence-corrected chi connectivity index (χ2v) is 5.62. The van der Waals surface area contributed by atoms with Gasteiger partial charge in [0.1, 0.15) is 5.03 Å². The average molecular weight is 277 g/mol. The molecule has 0 aromatic carbocycles. The van der Waals surface area contributed by atoms with Gasteiger partial charge in [-0.25, -0.2) is 9.97 Å². The van der Waals surface area contributed by atoms with Crippen LogP contribution in [0.25, 0.3) is 0 Å². The molecule has 0 spiro atoms. The van der Waals surface area contributed by atoms with Crippen molar-refractivity contribution in [2.45, 2.75) is 43.5 Å². The molecular formula is C13H19N5S. The monoisotopic (exact) mass is 277 g/mol. The van der Waals surface area contributed by atoms with E-state index in [0.29, 0.717) is 6.04 Å². The number of rotatable bonds is 5. The van der Waals surface area contributed by atoms with Gasteiger partial charge in [0, 0.05) is 37.6 Å². The Balaban J connectivity index is 2.23. The van der Waals surface area contributed by atoms with Crippen molar-refractivity contribution in [2.24, 2.45) is 7.05 Å². The molecule has 0 fully saturated rings. The maximum Gasteiger partial charge on any atom is 0.193 e. The molecule has 0 aliphatic heterocycles. The fraction of sp³-hybridized carbons (Fsp3) is 0.462. The van der Waals surface area contributed by atoms with Gasteiger partial charge in [-0.3, -0.25) is 4.68 Å². The third-order valence-electron chi connectivity index (χ3n) is 2.71. The molecule has 0 unspecified atom stereocenters. The summed E-state index contributed by atoms with van der Waals surface area (Å²) in [4.78, 5) is 8.50. The Hall–Kier alpha value is -1.40. The first-order valence-electron chi connectivity index (χ1n) is 6.28. The van der Waals surface area contributed by atoms with Crippen molar-refractivity contribution in [3.05, 3.63) is 29.7 Å². The Morgan fingerprint density at radius 2 is 2.00 bits per heavy atom. The zero-order chi connectivity index (χ0) is 13.8. The van der Waals surface area contributed by atoms with Crippen LogP contribution in [0.4, 0.5) is 0 Å². The standard InChI is InChI=1S/C13H19N5S/c1-9(2)16-8-11-10(3)17-18(4)12(11)19-13-14-6-5-7-15-13/h5-7,9,16H,8H2,1-4H3. The van der Waals surface area contributed by atoms with E-state index in [1.165, 1.54) is 5.56 Å². The minimum Gasteiger partial charge on any atom is -0.310 e. The summed E-state index contributed by atoms with van der Waals surface area (Å²) >= 11 is 1.55. The van der Waals surface area contributed by atoms with Crippen LogP contribution in [0.2, 0.25) is 0 Å². The topological polar surface area (TPSA) is 55.6 Å². The minimum atomic E-state index is 0.449. The van der Waals surface area contributed by atoms with E-state index in [2.05, 4.69) is 34.2 Å². The van der Waals surface area contributed by atoms with Gasteiger partial charge in [0.05, 0.1) is 5.69 Å². The number of hydrogen-bond donors (Lipinski definition) is 1. The summed E-state index contributed by atoms with van der Waals surface area (Å²) < 4.78 is 1.90. The first kappa shape index (κ1) is 14.0. The molecule has 102 valence electrons. The van der Waals surface area contributed by atoms with Crippen LogP contribution in [0.5, 0.6) is 0 Å². The summed E-state index contributed by atoms with van der Waals surface area (Å²) in [5.41, 5.74) is 2.27. The lowest BCUT2D eigenvalue weighted by atomic mass is 10.2. The molecule has 0 radical (unpaired) electrons. The molecular weight excluding hydrogens is 258 g/mol. The molecule has 0 saturated carbocycles. The Morgan fingerprint density at radius 3 is 2.63 bits per heavy atom. The molecule has 0 aliphatic carbocycles. The van der Waals surface area contributed by atoms with Crippen LogP contribution in [-0.4, -0.2) is 25.8 Å². The predicted molar refractivity (Wildman–Crippen MR) is 76.1 cm³/mol. The minimum absolute atomic E-state index is 0.449. The fourth-order valence-corrected chi connectivity index (χ4v) is 2.66. The number of aryl methyl sites for hydroxylation is 2. The lowest BCUT2D eigenvalue weighted by molar-refractivity contribution is 0.580. The number of hydrogen-bond acceptors (Lipinski definition) is 5. The second kappa shape index (κ2) is 6.16. The maximum atomic E-state index is 4.49. The third kappa shape index (κ3) is 3.54. The van der Waals surface area contributed by atoms with Crippen molar-refractivity contribution in [1.29, 1.82) is 0 Å². The highest BCUT2D eigenvalue weighted by Gasteiger charge is 2.15. The highest BCUT2D eigenvalue weighted by atomic mass is 32.2. The highest BCUT2D eigenvalue weighted by molar-refractivity contribution is 7.99. The van der Waals surface area contributed by atoms with Crippen molar-refractivity contribution < 1.29 is 0 Å². The average Bonchev–Trinajstić information content (AvgIpc) is 2.63. The summed E-state index contributed by atoms with van der Waals surface area (Å²) in [6.45, 7) is 7.12. The van der Waals surface area contributed by atoms with Gasteiger partial charge in [-0.1, -0.05) is 13.8 Å². The number of aromatic nitrogens is 4. The molecule has 19 heavy (non-hydrogen) atoms. The molecule has 0 bridgehead atoms. The quantitative estimate of drug-likeness (QED) is 0.849. The summed E-state index contributed by atoms with van der Waals surface area (Å²) in [6.07, 6.45) is 3.51. The van der Waals surface area contributed by atoms with Gasteiger partial charge in [0.2, 0.25) is 0 Å². The maximum absolute atomic E-state index is 4.49. The highest BCUT2D eigenvalue weighted by Crippen LogP contribution is 2.29. The van der Waals surface area contributed by atoms with Crippen molar-refractivity contribution in [1.82, 2.24) is 25.1 Å². The first-order valence-corrected chi connectivity index (χ1v) is 7.10. The first-order chi connectivity index (χ1) is 9.08. The van der Waals surface area contributed by atoms with Gasteiger partial charge in [-0.05, 0) is 24.8 Å². The van der Waals surface area contributed by atoms with Gasteiger partial charge >= 0.3 is 0 Å². The molecule has 6 heteroatoms. The Morgan fingerprint density at radius 1 is 1.32 bits per heavy atom. The van der Waals surface area contributed by atoms with Gasteiger partial charge in [-0.15, -0.1) is 0 Å². The molecule has 0 aliphatic rings. The molecule has 2 heterocycles. The van der Waals surface area contributed by atoms with Crippen LogP contribution in [0.15, 0.2) is 28.6 Å². The van der Waals surface area contributed by atoms with E-state index in [0.717, 1.165) is 22.4 Å².